The number of nitrogens with two attached hydrogens (primary N) is 1. The molecule has 0 amide bonds. The van der Waals surface area contributed by atoms with Gasteiger partial charge in [0.15, 0.2) is 6.10 Å². The van der Waals surface area contributed by atoms with Crippen LogP contribution in [0.1, 0.15) is 18.8 Å². The Bertz CT molecular complexity index is 570. The molecule has 2 rings (SSSR count). The van der Waals surface area contributed by atoms with E-state index in [1.165, 1.54) is 0 Å². The van der Waals surface area contributed by atoms with Gasteiger partial charge in [-0.25, -0.2) is 0 Å². The fraction of sp³-hybridized carbons (Fsp3) is 0.286. The molecule has 20 heavy (non-hydrogen) atoms. The van der Waals surface area contributed by atoms with Crippen LogP contribution in [0.2, 0.25) is 0 Å². The summed E-state index contributed by atoms with van der Waals surface area (Å²) in [6.07, 6.45) is 1.24. The maximum atomic E-state index is 5.98. The molecule has 0 aliphatic carbocycles. The molecule has 1 heterocycles. The summed E-state index contributed by atoms with van der Waals surface area (Å²) < 4.78 is 18.2. The summed E-state index contributed by atoms with van der Waals surface area (Å²) in [4.78, 5) is 0. The Morgan fingerprint density at radius 1 is 1.20 bits per heavy atom. The van der Waals surface area contributed by atoms with Crippen molar-refractivity contribution < 1.29 is 13.9 Å². The SMILES string of the molecule is COc1cc(Br)c(OC(c2ccco2)C(C)N)cc1Br. The first-order chi connectivity index (χ1) is 9.52. The first-order valence-electron chi connectivity index (χ1n) is 6.01. The van der Waals surface area contributed by atoms with E-state index in [1.54, 1.807) is 13.4 Å². The number of hydrogen-bond donors (Lipinski definition) is 1. The molecule has 0 bridgehead atoms. The summed E-state index contributed by atoms with van der Waals surface area (Å²) in [5.74, 6) is 2.08. The monoisotopic (exact) mass is 403 g/mol. The van der Waals surface area contributed by atoms with Gasteiger partial charge in [0, 0.05) is 6.04 Å². The lowest BCUT2D eigenvalue weighted by Gasteiger charge is -2.21. The summed E-state index contributed by atoms with van der Waals surface area (Å²) in [5.41, 5.74) is 5.98. The first kappa shape index (κ1) is 15.4. The minimum absolute atomic E-state index is 0.214. The van der Waals surface area contributed by atoms with Gasteiger partial charge in [0.1, 0.15) is 17.3 Å². The van der Waals surface area contributed by atoms with Crippen molar-refractivity contribution in [3.63, 3.8) is 0 Å². The highest BCUT2D eigenvalue weighted by atomic mass is 79.9. The van der Waals surface area contributed by atoms with Crippen LogP contribution < -0.4 is 15.2 Å². The van der Waals surface area contributed by atoms with E-state index in [2.05, 4.69) is 31.9 Å². The number of furan rings is 1. The molecule has 0 spiro atoms. The van der Waals surface area contributed by atoms with E-state index in [0.717, 1.165) is 14.7 Å². The topological polar surface area (TPSA) is 57.6 Å². The maximum Gasteiger partial charge on any atom is 0.171 e. The molecular formula is C14H15Br2NO3. The van der Waals surface area contributed by atoms with Gasteiger partial charge < -0.3 is 19.6 Å². The van der Waals surface area contributed by atoms with Crippen LogP contribution in [0.3, 0.4) is 0 Å². The van der Waals surface area contributed by atoms with Gasteiger partial charge in [-0.1, -0.05) is 0 Å². The highest BCUT2D eigenvalue weighted by Crippen LogP contribution is 2.38. The van der Waals surface area contributed by atoms with Crippen LogP contribution in [0, 0.1) is 0 Å². The van der Waals surface area contributed by atoms with E-state index < -0.39 is 0 Å². The molecule has 1 aromatic heterocycles. The van der Waals surface area contributed by atoms with Gasteiger partial charge in [0.2, 0.25) is 0 Å². The van der Waals surface area contributed by atoms with E-state index in [-0.39, 0.29) is 12.1 Å². The Labute approximate surface area is 134 Å². The molecule has 6 heteroatoms. The average Bonchev–Trinajstić information content (AvgIpc) is 2.92. The molecule has 108 valence electrons. The minimum Gasteiger partial charge on any atom is -0.496 e. The summed E-state index contributed by atoms with van der Waals surface area (Å²) in [7, 11) is 1.61. The number of ether oxygens (including phenoxy) is 2. The summed E-state index contributed by atoms with van der Waals surface area (Å²) in [5, 5.41) is 0. The van der Waals surface area contributed by atoms with Gasteiger partial charge in [0.25, 0.3) is 0 Å². The molecule has 2 unspecified atom stereocenters. The van der Waals surface area contributed by atoms with Crippen molar-refractivity contribution in [2.45, 2.75) is 19.1 Å². The largest absolute Gasteiger partial charge is 0.496 e. The van der Waals surface area contributed by atoms with Crippen molar-refractivity contribution in [1.82, 2.24) is 0 Å². The second-order valence-corrected chi connectivity index (χ2v) is 6.04. The van der Waals surface area contributed by atoms with Gasteiger partial charge >= 0.3 is 0 Å². The lowest BCUT2D eigenvalue weighted by atomic mass is 10.1. The van der Waals surface area contributed by atoms with Crippen molar-refractivity contribution in [2.24, 2.45) is 5.73 Å². The van der Waals surface area contributed by atoms with Crippen LogP contribution in [0.15, 0.2) is 43.9 Å². The van der Waals surface area contributed by atoms with Crippen LogP contribution in [-0.4, -0.2) is 13.2 Å². The van der Waals surface area contributed by atoms with Crippen LogP contribution in [0.5, 0.6) is 11.5 Å². The zero-order valence-electron chi connectivity index (χ0n) is 11.1. The second-order valence-electron chi connectivity index (χ2n) is 4.33. The van der Waals surface area contributed by atoms with Gasteiger partial charge in [0.05, 0.1) is 22.3 Å². The Hall–Kier alpha value is -0.980. The van der Waals surface area contributed by atoms with Gasteiger partial charge in [-0.2, -0.15) is 0 Å². The summed E-state index contributed by atoms with van der Waals surface area (Å²) in [6, 6.07) is 7.11. The third-order valence-electron chi connectivity index (χ3n) is 2.76. The normalized spacial score (nSPS) is 13.8. The maximum absolute atomic E-state index is 5.98. The van der Waals surface area contributed by atoms with E-state index in [4.69, 9.17) is 19.6 Å². The van der Waals surface area contributed by atoms with E-state index >= 15 is 0 Å². The smallest absolute Gasteiger partial charge is 0.171 e. The molecule has 1 aromatic carbocycles. The number of hydrogen-bond acceptors (Lipinski definition) is 4. The molecule has 0 saturated carbocycles. The summed E-state index contributed by atoms with van der Waals surface area (Å²) >= 11 is 6.90. The van der Waals surface area contributed by atoms with Crippen LogP contribution in [0.4, 0.5) is 0 Å². The Morgan fingerprint density at radius 3 is 2.40 bits per heavy atom. The zero-order chi connectivity index (χ0) is 14.7. The molecule has 0 saturated heterocycles. The molecule has 4 nitrogen and oxygen atoms in total. The standard InChI is InChI=1S/C14H15Br2NO3/c1-8(17)14(11-4-3-5-19-11)20-13-7-9(15)12(18-2)6-10(13)16/h3-8,14H,17H2,1-2H3. The third kappa shape index (κ3) is 3.37. The molecular weight excluding hydrogens is 390 g/mol. The molecule has 2 aromatic rings. The highest BCUT2D eigenvalue weighted by Gasteiger charge is 2.22. The lowest BCUT2D eigenvalue weighted by molar-refractivity contribution is 0.152. The van der Waals surface area contributed by atoms with Crippen molar-refractivity contribution in [3.05, 3.63) is 45.2 Å². The number of halogens is 2. The van der Waals surface area contributed by atoms with Gasteiger partial charge in [-0.15, -0.1) is 0 Å². The number of benzene rings is 1. The predicted octanol–water partition coefficient (Wildman–Crippen LogP) is 4.28. The molecule has 2 atom stereocenters. The molecule has 0 radical (unpaired) electrons. The fourth-order valence-corrected chi connectivity index (χ4v) is 2.67. The summed E-state index contributed by atoms with van der Waals surface area (Å²) in [6.45, 7) is 1.87. The van der Waals surface area contributed by atoms with Crippen molar-refractivity contribution in [2.75, 3.05) is 7.11 Å². The minimum atomic E-state index is -0.360. The van der Waals surface area contributed by atoms with Crippen LogP contribution >= 0.6 is 31.9 Å². The average molecular weight is 405 g/mol. The first-order valence-corrected chi connectivity index (χ1v) is 7.60. The lowest BCUT2D eigenvalue weighted by Crippen LogP contribution is -2.28. The molecule has 0 aliphatic rings. The van der Waals surface area contributed by atoms with Crippen molar-refractivity contribution in [1.29, 1.82) is 0 Å². The Balaban J connectivity index is 2.30. The number of methoxy groups -OCH3 is 1. The zero-order valence-corrected chi connectivity index (χ0v) is 14.3. The van der Waals surface area contributed by atoms with Gasteiger partial charge in [-0.05, 0) is 63.0 Å². The Kier molecular flexibility index (Phi) is 5.12. The fourth-order valence-electron chi connectivity index (χ4n) is 1.77. The van der Waals surface area contributed by atoms with Gasteiger partial charge in [-0.3, -0.25) is 0 Å². The van der Waals surface area contributed by atoms with Crippen LogP contribution in [-0.2, 0) is 0 Å². The molecule has 2 N–H and O–H groups in total. The van der Waals surface area contributed by atoms with Crippen LogP contribution in [0.25, 0.3) is 0 Å². The number of rotatable bonds is 5. The van der Waals surface area contributed by atoms with E-state index in [1.807, 2.05) is 31.2 Å². The quantitative estimate of drug-likeness (QED) is 0.807. The molecule has 0 aliphatic heterocycles. The molecule has 0 fully saturated rings. The predicted molar refractivity (Wildman–Crippen MR) is 84.1 cm³/mol. The van der Waals surface area contributed by atoms with Crippen molar-refractivity contribution in [3.8, 4) is 11.5 Å². The van der Waals surface area contributed by atoms with E-state index in [0.29, 0.717) is 11.5 Å². The van der Waals surface area contributed by atoms with E-state index in [9.17, 15) is 0 Å². The van der Waals surface area contributed by atoms with Crippen molar-refractivity contribution >= 4 is 31.9 Å². The highest BCUT2D eigenvalue weighted by molar-refractivity contribution is 9.11. The Morgan fingerprint density at radius 2 is 1.85 bits per heavy atom. The second kappa shape index (κ2) is 6.65. The third-order valence-corrected chi connectivity index (χ3v) is 4.00.